The molecule has 1 amide bonds. The van der Waals surface area contributed by atoms with Crippen LogP contribution in [0.1, 0.15) is 5.56 Å². The molecule has 124 valence electrons. The highest BCUT2D eigenvalue weighted by atomic mass is 16.6. The second kappa shape index (κ2) is 7.63. The lowest BCUT2D eigenvalue weighted by molar-refractivity contribution is -0.385. The van der Waals surface area contributed by atoms with E-state index in [4.69, 9.17) is 0 Å². The minimum Gasteiger partial charge on any atom is -0.351 e. The van der Waals surface area contributed by atoms with Crippen LogP contribution in [0, 0.1) is 20.2 Å². The Balaban J connectivity index is 1.83. The molecule has 0 aliphatic rings. The zero-order valence-corrected chi connectivity index (χ0v) is 12.4. The van der Waals surface area contributed by atoms with Gasteiger partial charge in [-0.05, 0) is 11.6 Å². The number of aromatic nitrogens is 2. The fourth-order valence-electron chi connectivity index (χ4n) is 1.84. The molecule has 0 atom stereocenters. The van der Waals surface area contributed by atoms with E-state index in [-0.39, 0.29) is 30.4 Å². The molecule has 0 bridgehead atoms. The summed E-state index contributed by atoms with van der Waals surface area (Å²) in [6.07, 6.45) is 5.11. The monoisotopic (exact) mass is 331 g/mol. The molecule has 10 heteroatoms. The van der Waals surface area contributed by atoms with Crippen molar-refractivity contribution in [2.24, 2.45) is 0 Å². The normalized spacial score (nSPS) is 10.7. The summed E-state index contributed by atoms with van der Waals surface area (Å²) in [5, 5.41) is 27.6. The van der Waals surface area contributed by atoms with Crippen molar-refractivity contribution in [2.75, 3.05) is 6.54 Å². The summed E-state index contributed by atoms with van der Waals surface area (Å²) >= 11 is 0. The Bertz CT molecular complexity index is 798. The van der Waals surface area contributed by atoms with E-state index in [0.717, 1.165) is 6.20 Å². The van der Waals surface area contributed by atoms with E-state index >= 15 is 0 Å². The number of hydrogen-bond donors (Lipinski definition) is 1. The maximum atomic E-state index is 11.7. The smallest absolute Gasteiger partial charge is 0.306 e. The van der Waals surface area contributed by atoms with Crippen molar-refractivity contribution in [3.8, 4) is 0 Å². The molecule has 24 heavy (non-hydrogen) atoms. The highest BCUT2D eigenvalue weighted by Crippen LogP contribution is 2.14. The number of carbonyl (C=O) groups excluding carboxylic acids is 1. The number of nitrogens with one attached hydrogen (secondary N) is 1. The van der Waals surface area contributed by atoms with Gasteiger partial charge < -0.3 is 5.32 Å². The Morgan fingerprint density at radius 2 is 2.00 bits per heavy atom. The van der Waals surface area contributed by atoms with Crippen LogP contribution in [0.25, 0.3) is 6.08 Å². The molecular weight excluding hydrogens is 318 g/mol. The predicted molar refractivity (Wildman–Crippen MR) is 84.0 cm³/mol. The van der Waals surface area contributed by atoms with Crippen LogP contribution < -0.4 is 5.32 Å². The molecule has 0 aliphatic heterocycles. The van der Waals surface area contributed by atoms with E-state index in [2.05, 4.69) is 10.4 Å². The first-order valence-corrected chi connectivity index (χ1v) is 6.83. The fourth-order valence-corrected chi connectivity index (χ4v) is 1.84. The zero-order chi connectivity index (χ0) is 17.5. The molecule has 0 saturated heterocycles. The predicted octanol–water partition coefficient (Wildman–Crippen LogP) is 1.53. The summed E-state index contributed by atoms with van der Waals surface area (Å²) < 4.78 is 1.35. The third-order valence-electron chi connectivity index (χ3n) is 2.98. The van der Waals surface area contributed by atoms with Crippen LogP contribution in [0.5, 0.6) is 0 Å². The van der Waals surface area contributed by atoms with E-state index in [0.29, 0.717) is 5.56 Å². The molecule has 0 aliphatic carbocycles. The minimum absolute atomic E-state index is 0.0576. The van der Waals surface area contributed by atoms with Crippen LogP contribution in [0.3, 0.4) is 0 Å². The summed E-state index contributed by atoms with van der Waals surface area (Å²) in [4.78, 5) is 31.8. The number of nitrogens with zero attached hydrogens (tertiary/aromatic N) is 4. The second-order valence-electron chi connectivity index (χ2n) is 4.70. The van der Waals surface area contributed by atoms with Crippen LogP contribution in [-0.2, 0) is 11.3 Å². The molecule has 0 unspecified atom stereocenters. The number of benzene rings is 1. The number of nitro benzene ring substituents is 1. The molecule has 10 nitrogen and oxygen atoms in total. The highest BCUT2D eigenvalue weighted by Gasteiger charge is 2.08. The Morgan fingerprint density at radius 1 is 1.25 bits per heavy atom. The summed E-state index contributed by atoms with van der Waals surface area (Å²) in [6, 6.07) is 5.88. The van der Waals surface area contributed by atoms with Gasteiger partial charge in [0.25, 0.3) is 5.69 Å². The van der Waals surface area contributed by atoms with Crippen molar-refractivity contribution in [1.82, 2.24) is 15.1 Å². The lowest BCUT2D eigenvalue weighted by Crippen LogP contribution is -2.25. The first-order chi connectivity index (χ1) is 11.5. The quantitative estimate of drug-likeness (QED) is 0.464. The molecule has 0 fully saturated rings. The average Bonchev–Trinajstić information content (AvgIpc) is 3.02. The van der Waals surface area contributed by atoms with Crippen molar-refractivity contribution >= 4 is 23.4 Å². The maximum absolute atomic E-state index is 11.7. The molecule has 0 saturated carbocycles. The second-order valence-corrected chi connectivity index (χ2v) is 4.70. The molecule has 2 rings (SSSR count). The Hall–Kier alpha value is -3.56. The first kappa shape index (κ1) is 16.8. The number of hydrogen-bond acceptors (Lipinski definition) is 6. The molecule has 1 aromatic heterocycles. The van der Waals surface area contributed by atoms with Crippen molar-refractivity contribution in [3.63, 3.8) is 0 Å². The van der Waals surface area contributed by atoms with Crippen LogP contribution in [-0.4, -0.2) is 32.1 Å². The first-order valence-electron chi connectivity index (χ1n) is 6.83. The number of non-ortho nitro benzene ring substituents is 1. The summed E-state index contributed by atoms with van der Waals surface area (Å²) in [5.74, 6) is -0.386. The Kier molecular flexibility index (Phi) is 5.34. The van der Waals surface area contributed by atoms with E-state index in [1.165, 1.54) is 41.2 Å². The average molecular weight is 331 g/mol. The van der Waals surface area contributed by atoms with E-state index in [9.17, 15) is 25.0 Å². The minimum atomic E-state index is -0.552. The van der Waals surface area contributed by atoms with Crippen molar-refractivity contribution in [1.29, 1.82) is 0 Å². The standard InChI is InChI=1S/C14H13N5O5/c20-14(5-4-11-2-1-3-12(8-11)18(21)22)15-6-7-17-10-13(9-16-17)19(23)24/h1-5,8-10H,6-7H2,(H,15,20)/b5-4+. The van der Waals surface area contributed by atoms with Gasteiger partial charge in [-0.2, -0.15) is 5.10 Å². The number of nitro groups is 2. The van der Waals surface area contributed by atoms with Gasteiger partial charge in [0.1, 0.15) is 12.4 Å². The molecular formula is C14H13N5O5. The third-order valence-corrected chi connectivity index (χ3v) is 2.98. The summed E-state index contributed by atoms with van der Waals surface area (Å²) in [7, 11) is 0. The van der Waals surface area contributed by atoms with Crippen LogP contribution in [0.2, 0.25) is 0 Å². The highest BCUT2D eigenvalue weighted by molar-refractivity contribution is 5.91. The summed E-state index contributed by atoms with van der Waals surface area (Å²) in [6.45, 7) is 0.515. The van der Waals surface area contributed by atoms with E-state index < -0.39 is 9.85 Å². The molecule has 1 aromatic carbocycles. The number of carbonyl (C=O) groups is 1. The number of rotatable bonds is 7. The van der Waals surface area contributed by atoms with E-state index in [1.807, 2.05) is 0 Å². The molecule has 0 spiro atoms. The fraction of sp³-hybridized carbons (Fsp3) is 0.143. The lowest BCUT2D eigenvalue weighted by atomic mass is 10.2. The largest absolute Gasteiger partial charge is 0.351 e. The van der Waals surface area contributed by atoms with Gasteiger partial charge in [0.2, 0.25) is 5.91 Å². The topological polar surface area (TPSA) is 133 Å². The Labute approximate surface area is 135 Å². The third kappa shape index (κ3) is 4.73. The van der Waals surface area contributed by atoms with Gasteiger partial charge in [-0.25, -0.2) is 0 Å². The van der Waals surface area contributed by atoms with Crippen LogP contribution in [0.4, 0.5) is 11.4 Å². The zero-order valence-electron chi connectivity index (χ0n) is 12.4. The van der Waals surface area contributed by atoms with Crippen molar-refractivity contribution in [2.45, 2.75) is 6.54 Å². The van der Waals surface area contributed by atoms with E-state index in [1.54, 1.807) is 6.07 Å². The maximum Gasteiger partial charge on any atom is 0.306 e. The molecule has 1 heterocycles. The van der Waals surface area contributed by atoms with Gasteiger partial charge in [0.05, 0.1) is 16.4 Å². The van der Waals surface area contributed by atoms with Gasteiger partial charge in [-0.15, -0.1) is 0 Å². The van der Waals surface area contributed by atoms with Gasteiger partial charge in [-0.1, -0.05) is 12.1 Å². The van der Waals surface area contributed by atoms with Crippen molar-refractivity contribution in [3.05, 3.63) is 68.5 Å². The molecule has 2 aromatic rings. The summed E-state index contributed by atoms with van der Waals surface area (Å²) in [5.41, 5.74) is 0.353. The Morgan fingerprint density at radius 3 is 2.67 bits per heavy atom. The van der Waals surface area contributed by atoms with Gasteiger partial charge in [0.15, 0.2) is 0 Å². The van der Waals surface area contributed by atoms with Crippen molar-refractivity contribution < 1.29 is 14.6 Å². The van der Waals surface area contributed by atoms with Gasteiger partial charge in [0, 0.05) is 24.8 Å². The van der Waals surface area contributed by atoms with Crippen LogP contribution >= 0.6 is 0 Å². The van der Waals surface area contributed by atoms with Gasteiger partial charge >= 0.3 is 5.69 Å². The number of amides is 1. The van der Waals surface area contributed by atoms with Gasteiger partial charge in [-0.3, -0.25) is 29.7 Å². The molecule has 0 radical (unpaired) electrons. The molecule has 1 N–H and O–H groups in total. The SMILES string of the molecule is O=C(/C=C/c1cccc([N+](=O)[O-])c1)NCCn1cc([N+](=O)[O-])cn1. The van der Waals surface area contributed by atoms with Crippen LogP contribution in [0.15, 0.2) is 42.7 Å². The lowest BCUT2D eigenvalue weighted by Gasteiger charge is -2.02.